The molecule has 2 N–H and O–H groups in total. The normalized spacial score (nSPS) is 10.5. The van der Waals surface area contributed by atoms with Crippen molar-refractivity contribution >= 4 is 34.0 Å². The molecule has 2 amide bonds. The number of thiazole rings is 1. The quantitative estimate of drug-likeness (QED) is 0.420. The molecular weight excluding hydrogens is 406 g/mol. The van der Waals surface area contributed by atoms with Gasteiger partial charge in [-0.15, -0.1) is 11.3 Å². The Morgan fingerprint density at radius 3 is 2.13 bits per heavy atom. The zero-order valence-corrected chi connectivity index (χ0v) is 17.8. The van der Waals surface area contributed by atoms with E-state index in [1.165, 1.54) is 18.3 Å². The van der Waals surface area contributed by atoms with Crippen LogP contribution in [0.4, 0.5) is 10.8 Å². The Morgan fingerprint density at radius 1 is 0.806 bits per heavy atom. The van der Waals surface area contributed by atoms with Crippen LogP contribution >= 0.6 is 11.3 Å². The maximum atomic E-state index is 12.4. The fourth-order valence-electron chi connectivity index (χ4n) is 3.19. The third-order valence-electron chi connectivity index (χ3n) is 4.68. The van der Waals surface area contributed by atoms with Gasteiger partial charge in [0.1, 0.15) is 0 Å². The minimum absolute atomic E-state index is 0.102. The van der Waals surface area contributed by atoms with Gasteiger partial charge in [0, 0.05) is 23.6 Å². The number of benzene rings is 3. The van der Waals surface area contributed by atoms with Crippen LogP contribution in [0, 0.1) is 0 Å². The molecule has 0 fully saturated rings. The molecule has 0 aliphatic heterocycles. The van der Waals surface area contributed by atoms with Crippen LogP contribution in [-0.4, -0.2) is 16.8 Å². The van der Waals surface area contributed by atoms with Crippen molar-refractivity contribution in [2.24, 2.45) is 0 Å². The molecule has 0 atom stereocenters. The molecule has 6 heteroatoms. The number of hydrogen-bond donors (Lipinski definition) is 2. The van der Waals surface area contributed by atoms with Gasteiger partial charge in [-0.1, -0.05) is 66.7 Å². The number of anilines is 2. The number of hydrogen-bond acceptors (Lipinski definition) is 4. The average Bonchev–Trinajstić information content (AvgIpc) is 3.23. The first-order chi connectivity index (χ1) is 15.1. The van der Waals surface area contributed by atoms with E-state index in [1.54, 1.807) is 0 Å². The monoisotopic (exact) mass is 427 g/mol. The summed E-state index contributed by atoms with van der Waals surface area (Å²) in [7, 11) is 0. The number of nitrogens with one attached hydrogen (secondary N) is 2. The number of rotatable bonds is 6. The third kappa shape index (κ3) is 5.43. The molecule has 0 bridgehead atoms. The first kappa shape index (κ1) is 20.5. The number of carbonyl (C=O) groups is 2. The fourth-order valence-corrected chi connectivity index (χ4v) is 3.92. The summed E-state index contributed by atoms with van der Waals surface area (Å²) in [6.07, 6.45) is 0.287. The molecule has 0 unspecified atom stereocenters. The molecule has 154 valence electrons. The molecule has 1 heterocycles. The maximum absolute atomic E-state index is 12.4. The van der Waals surface area contributed by atoms with Crippen LogP contribution in [0.25, 0.3) is 22.4 Å². The second-order valence-corrected chi connectivity index (χ2v) is 7.94. The standard InChI is InChI=1S/C25H21N3O2S/c1-17(29)26-22-13-11-21(12-14-22)23-16-31-25(27-23)28-24(30)15-18-7-9-20(10-8-18)19-5-3-2-4-6-19/h2-14,16H,15H2,1H3,(H,26,29)(H,27,28,30). The predicted molar refractivity (Wildman–Crippen MR) is 126 cm³/mol. The highest BCUT2D eigenvalue weighted by Crippen LogP contribution is 2.26. The minimum Gasteiger partial charge on any atom is -0.326 e. The van der Waals surface area contributed by atoms with Gasteiger partial charge in [-0.05, 0) is 28.8 Å². The molecule has 5 nitrogen and oxygen atoms in total. The Labute approximate surface area is 184 Å². The van der Waals surface area contributed by atoms with E-state index < -0.39 is 0 Å². The third-order valence-corrected chi connectivity index (χ3v) is 5.44. The second kappa shape index (κ2) is 9.36. The van der Waals surface area contributed by atoms with Crippen LogP contribution in [0.2, 0.25) is 0 Å². The fraction of sp³-hybridized carbons (Fsp3) is 0.0800. The van der Waals surface area contributed by atoms with Gasteiger partial charge in [-0.2, -0.15) is 0 Å². The van der Waals surface area contributed by atoms with Gasteiger partial charge in [0.15, 0.2) is 5.13 Å². The van der Waals surface area contributed by atoms with Crippen LogP contribution in [0.3, 0.4) is 0 Å². The molecule has 3 aromatic carbocycles. The van der Waals surface area contributed by atoms with Gasteiger partial charge in [0.2, 0.25) is 11.8 Å². The molecule has 0 radical (unpaired) electrons. The average molecular weight is 428 g/mol. The van der Waals surface area contributed by atoms with E-state index in [-0.39, 0.29) is 18.2 Å². The Balaban J connectivity index is 1.36. The summed E-state index contributed by atoms with van der Waals surface area (Å²) >= 11 is 1.39. The Morgan fingerprint density at radius 2 is 1.45 bits per heavy atom. The Hall–Kier alpha value is -3.77. The molecule has 0 aliphatic rings. The zero-order chi connectivity index (χ0) is 21.6. The minimum atomic E-state index is -0.110. The largest absolute Gasteiger partial charge is 0.326 e. The Bertz CT molecular complexity index is 1180. The summed E-state index contributed by atoms with van der Waals surface area (Å²) in [4.78, 5) is 28.1. The van der Waals surface area contributed by atoms with Crippen molar-refractivity contribution in [1.29, 1.82) is 0 Å². The molecule has 0 saturated heterocycles. The second-order valence-electron chi connectivity index (χ2n) is 7.08. The van der Waals surface area contributed by atoms with Crippen molar-refractivity contribution < 1.29 is 9.59 Å². The van der Waals surface area contributed by atoms with Gasteiger partial charge >= 0.3 is 0 Å². The molecule has 0 saturated carbocycles. The van der Waals surface area contributed by atoms with E-state index in [2.05, 4.69) is 27.8 Å². The lowest BCUT2D eigenvalue weighted by Gasteiger charge is -2.05. The van der Waals surface area contributed by atoms with E-state index in [0.29, 0.717) is 5.13 Å². The van der Waals surface area contributed by atoms with Crippen LogP contribution < -0.4 is 10.6 Å². The van der Waals surface area contributed by atoms with E-state index in [1.807, 2.05) is 72.1 Å². The van der Waals surface area contributed by atoms with Gasteiger partial charge in [0.25, 0.3) is 0 Å². The molecule has 0 aliphatic carbocycles. The van der Waals surface area contributed by atoms with Gasteiger partial charge in [0.05, 0.1) is 12.1 Å². The first-order valence-corrected chi connectivity index (χ1v) is 10.7. The van der Waals surface area contributed by atoms with Gasteiger partial charge in [-0.3, -0.25) is 9.59 Å². The number of carbonyl (C=O) groups excluding carboxylic acids is 2. The van der Waals surface area contributed by atoms with Gasteiger partial charge in [-0.25, -0.2) is 4.98 Å². The molecule has 1 aromatic heterocycles. The lowest BCUT2D eigenvalue weighted by Crippen LogP contribution is -2.14. The molecule has 0 spiro atoms. The van der Waals surface area contributed by atoms with Crippen molar-refractivity contribution in [3.8, 4) is 22.4 Å². The topological polar surface area (TPSA) is 71.1 Å². The molecule has 31 heavy (non-hydrogen) atoms. The highest BCUT2D eigenvalue weighted by Gasteiger charge is 2.09. The summed E-state index contributed by atoms with van der Waals surface area (Å²) in [6, 6.07) is 25.6. The van der Waals surface area contributed by atoms with E-state index in [4.69, 9.17) is 0 Å². The summed E-state index contributed by atoms with van der Waals surface area (Å²) in [5, 5.41) is 8.08. The van der Waals surface area contributed by atoms with Crippen LogP contribution in [0.15, 0.2) is 84.2 Å². The van der Waals surface area contributed by atoms with Crippen molar-refractivity contribution in [1.82, 2.24) is 4.98 Å². The number of aromatic nitrogens is 1. The van der Waals surface area contributed by atoms with Crippen LogP contribution in [0.5, 0.6) is 0 Å². The zero-order valence-electron chi connectivity index (χ0n) is 17.0. The van der Waals surface area contributed by atoms with Crippen molar-refractivity contribution in [2.45, 2.75) is 13.3 Å². The van der Waals surface area contributed by atoms with Crippen LogP contribution in [-0.2, 0) is 16.0 Å². The summed E-state index contributed by atoms with van der Waals surface area (Å²) in [5.41, 5.74) is 5.66. The lowest BCUT2D eigenvalue weighted by molar-refractivity contribution is -0.116. The molecule has 4 aromatic rings. The highest BCUT2D eigenvalue weighted by molar-refractivity contribution is 7.14. The van der Waals surface area contributed by atoms with Crippen LogP contribution in [0.1, 0.15) is 12.5 Å². The Kier molecular flexibility index (Phi) is 6.19. The van der Waals surface area contributed by atoms with Gasteiger partial charge < -0.3 is 10.6 Å². The van der Waals surface area contributed by atoms with E-state index in [0.717, 1.165) is 33.6 Å². The maximum Gasteiger partial charge on any atom is 0.230 e. The summed E-state index contributed by atoms with van der Waals surface area (Å²) in [5.74, 6) is -0.213. The lowest BCUT2D eigenvalue weighted by atomic mass is 10.0. The summed E-state index contributed by atoms with van der Waals surface area (Å²) < 4.78 is 0. The van der Waals surface area contributed by atoms with E-state index >= 15 is 0 Å². The predicted octanol–water partition coefficient (Wildman–Crippen LogP) is 5.62. The molecule has 4 rings (SSSR count). The smallest absolute Gasteiger partial charge is 0.230 e. The van der Waals surface area contributed by atoms with Crippen molar-refractivity contribution in [2.75, 3.05) is 10.6 Å². The highest BCUT2D eigenvalue weighted by atomic mass is 32.1. The van der Waals surface area contributed by atoms with E-state index in [9.17, 15) is 9.59 Å². The first-order valence-electron chi connectivity index (χ1n) is 9.84. The number of nitrogens with zero attached hydrogens (tertiary/aromatic N) is 1. The number of amides is 2. The summed E-state index contributed by atoms with van der Waals surface area (Å²) in [6.45, 7) is 1.47. The molecular formula is C25H21N3O2S. The van der Waals surface area contributed by atoms with Crippen molar-refractivity contribution in [3.05, 3.63) is 89.8 Å². The van der Waals surface area contributed by atoms with Crippen molar-refractivity contribution in [3.63, 3.8) is 0 Å². The SMILES string of the molecule is CC(=O)Nc1ccc(-c2csc(NC(=O)Cc3ccc(-c4ccccc4)cc3)n2)cc1.